The Morgan fingerprint density at radius 1 is 0.971 bits per heavy atom. The van der Waals surface area contributed by atoms with Crippen molar-refractivity contribution in [2.24, 2.45) is 0 Å². The van der Waals surface area contributed by atoms with Gasteiger partial charge in [0.1, 0.15) is 23.2 Å². The summed E-state index contributed by atoms with van der Waals surface area (Å²) in [5.74, 6) is 0.433. The van der Waals surface area contributed by atoms with Crippen LogP contribution in [0.2, 0.25) is 5.02 Å². The second-order valence-electron chi connectivity index (χ2n) is 7.67. The number of ketones is 1. The highest BCUT2D eigenvalue weighted by Gasteiger charge is 2.30. The molecule has 0 saturated carbocycles. The van der Waals surface area contributed by atoms with Crippen LogP contribution >= 0.6 is 11.6 Å². The van der Waals surface area contributed by atoms with Crippen LogP contribution in [0.3, 0.4) is 0 Å². The van der Waals surface area contributed by atoms with Gasteiger partial charge in [-0.1, -0.05) is 41.9 Å². The maximum Gasteiger partial charge on any atom is 0.270 e. The number of anilines is 1. The molecule has 7 nitrogen and oxygen atoms in total. The summed E-state index contributed by atoms with van der Waals surface area (Å²) >= 11 is 6.17. The van der Waals surface area contributed by atoms with E-state index in [9.17, 15) is 9.59 Å². The number of aromatic nitrogens is 2. The minimum absolute atomic E-state index is 0.149. The standard InChI is InChI=1S/C26H19ClN4O3/c27-17-10-11-23-21(13-17)31-24(18-6-1-2-9-22(18)34-23)25(32)19-7-3-8-20(30-19)26(33)29-15-16-5-4-12-28-14-16/h1-14,24,31H,15H2,(H,29,33). The SMILES string of the molecule is O=C(NCc1cccnc1)c1cccc(C(=O)C2Nc3cc(Cl)ccc3Oc3ccccc32)n1. The first kappa shape index (κ1) is 21.6. The lowest BCUT2D eigenvalue weighted by molar-refractivity contribution is 0.0945. The Kier molecular flexibility index (Phi) is 5.93. The molecule has 0 saturated heterocycles. The Bertz CT molecular complexity index is 1380. The molecule has 1 aliphatic heterocycles. The Hall–Kier alpha value is -4.23. The number of amides is 1. The van der Waals surface area contributed by atoms with E-state index in [1.807, 2.05) is 24.3 Å². The van der Waals surface area contributed by atoms with Crippen molar-refractivity contribution < 1.29 is 14.3 Å². The number of rotatable bonds is 5. The average molecular weight is 471 g/mol. The van der Waals surface area contributed by atoms with Crippen LogP contribution < -0.4 is 15.4 Å². The number of hydrogen-bond acceptors (Lipinski definition) is 6. The Balaban J connectivity index is 1.43. The fraction of sp³-hybridized carbons (Fsp3) is 0.0769. The van der Waals surface area contributed by atoms with Crippen LogP contribution in [-0.2, 0) is 6.54 Å². The number of benzene rings is 2. The molecule has 0 bridgehead atoms. The number of hydrogen-bond donors (Lipinski definition) is 2. The minimum atomic E-state index is -0.780. The Morgan fingerprint density at radius 3 is 2.68 bits per heavy atom. The zero-order valence-electron chi connectivity index (χ0n) is 17.9. The molecule has 0 radical (unpaired) electrons. The third kappa shape index (κ3) is 4.46. The first-order chi connectivity index (χ1) is 16.6. The fourth-order valence-corrected chi connectivity index (χ4v) is 3.87. The smallest absolute Gasteiger partial charge is 0.270 e. The van der Waals surface area contributed by atoms with Crippen LogP contribution in [0.15, 0.2) is 85.2 Å². The first-order valence-electron chi connectivity index (χ1n) is 10.6. The van der Waals surface area contributed by atoms with Crippen molar-refractivity contribution in [3.8, 4) is 11.5 Å². The Morgan fingerprint density at radius 2 is 1.82 bits per heavy atom. The van der Waals surface area contributed by atoms with E-state index in [4.69, 9.17) is 16.3 Å². The van der Waals surface area contributed by atoms with Crippen molar-refractivity contribution in [1.82, 2.24) is 15.3 Å². The summed E-state index contributed by atoms with van der Waals surface area (Å²) in [6, 6.07) is 20.2. The van der Waals surface area contributed by atoms with Crippen molar-refractivity contribution in [3.05, 3.63) is 113 Å². The molecular weight excluding hydrogens is 452 g/mol. The molecule has 34 heavy (non-hydrogen) atoms. The second-order valence-corrected chi connectivity index (χ2v) is 8.11. The number of carbonyl (C=O) groups is 2. The van der Waals surface area contributed by atoms with E-state index in [1.54, 1.807) is 60.9 Å². The lowest BCUT2D eigenvalue weighted by atomic mass is 9.99. The molecule has 1 amide bonds. The highest BCUT2D eigenvalue weighted by molar-refractivity contribution is 6.31. The van der Waals surface area contributed by atoms with Gasteiger partial charge in [0.25, 0.3) is 5.91 Å². The van der Waals surface area contributed by atoms with Crippen LogP contribution in [0.5, 0.6) is 11.5 Å². The van der Waals surface area contributed by atoms with E-state index >= 15 is 0 Å². The first-order valence-corrected chi connectivity index (χ1v) is 11.0. The van der Waals surface area contributed by atoms with E-state index in [0.29, 0.717) is 34.3 Å². The molecule has 1 unspecified atom stereocenters. The summed E-state index contributed by atoms with van der Waals surface area (Å²) in [6.07, 6.45) is 3.34. The lowest BCUT2D eigenvalue weighted by Crippen LogP contribution is -2.26. The minimum Gasteiger partial charge on any atom is -0.455 e. The highest BCUT2D eigenvalue weighted by atomic mass is 35.5. The van der Waals surface area contributed by atoms with Crippen LogP contribution in [0.4, 0.5) is 5.69 Å². The second kappa shape index (κ2) is 9.33. The van der Waals surface area contributed by atoms with Crippen molar-refractivity contribution in [1.29, 1.82) is 0 Å². The van der Waals surface area contributed by atoms with Crippen molar-refractivity contribution in [2.75, 3.05) is 5.32 Å². The third-order valence-corrected chi connectivity index (χ3v) is 5.60. The predicted molar refractivity (Wildman–Crippen MR) is 128 cm³/mol. The van der Waals surface area contributed by atoms with E-state index in [0.717, 1.165) is 5.56 Å². The van der Waals surface area contributed by atoms with E-state index in [-0.39, 0.29) is 23.1 Å². The van der Waals surface area contributed by atoms with Crippen LogP contribution in [0, 0.1) is 0 Å². The molecule has 0 spiro atoms. The molecule has 0 fully saturated rings. The van der Waals surface area contributed by atoms with Gasteiger partial charge in [-0.15, -0.1) is 0 Å². The molecule has 2 aromatic heterocycles. The molecule has 0 aliphatic carbocycles. The van der Waals surface area contributed by atoms with Crippen LogP contribution in [0.1, 0.15) is 38.1 Å². The largest absolute Gasteiger partial charge is 0.455 e. The normalized spacial score (nSPS) is 14.0. The summed E-state index contributed by atoms with van der Waals surface area (Å²) in [5, 5.41) is 6.56. The number of ether oxygens (including phenoxy) is 1. The van der Waals surface area contributed by atoms with Gasteiger partial charge in [-0.25, -0.2) is 4.98 Å². The Labute approximate surface area is 200 Å². The van der Waals surface area contributed by atoms with Gasteiger partial charge in [0.2, 0.25) is 5.78 Å². The van der Waals surface area contributed by atoms with Gasteiger partial charge < -0.3 is 15.4 Å². The molecule has 2 aromatic carbocycles. The summed E-state index contributed by atoms with van der Waals surface area (Å²) in [7, 11) is 0. The third-order valence-electron chi connectivity index (χ3n) is 5.36. The quantitative estimate of drug-likeness (QED) is 0.389. The van der Waals surface area contributed by atoms with Gasteiger partial charge in [-0.05, 0) is 48.0 Å². The molecule has 3 heterocycles. The van der Waals surface area contributed by atoms with Gasteiger partial charge in [0.15, 0.2) is 5.75 Å². The summed E-state index contributed by atoms with van der Waals surface area (Å²) in [5.41, 5.74) is 2.42. The zero-order chi connectivity index (χ0) is 23.5. The van der Waals surface area contributed by atoms with Gasteiger partial charge in [0.05, 0.1) is 5.69 Å². The number of nitrogens with zero attached hydrogens (tertiary/aromatic N) is 2. The number of pyridine rings is 2. The van der Waals surface area contributed by atoms with Crippen molar-refractivity contribution in [3.63, 3.8) is 0 Å². The van der Waals surface area contributed by atoms with Crippen molar-refractivity contribution in [2.45, 2.75) is 12.6 Å². The fourth-order valence-electron chi connectivity index (χ4n) is 3.70. The van der Waals surface area contributed by atoms with Gasteiger partial charge in [-0.3, -0.25) is 14.6 Å². The highest BCUT2D eigenvalue weighted by Crippen LogP contribution is 2.41. The number of fused-ring (bicyclic) bond motifs is 2. The van der Waals surface area contributed by atoms with E-state index in [1.165, 1.54) is 0 Å². The number of halogens is 1. The summed E-state index contributed by atoms with van der Waals surface area (Å²) in [6.45, 7) is 0.305. The van der Waals surface area contributed by atoms with Crippen LogP contribution in [-0.4, -0.2) is 21.7 Å². The van der Waals surface area contributed by atoms with Gasteiger partial charge in [-0.2, -0.15) is 0 Å². The monoisotopic (exact) mass is 470 g/mol. The number of nitrogens with one attached hydrogen (secondary N) is 2. The molecule has 2 N–H and O–H groups in total. The number of carbonyl (C=O) groups excluding carboxylic acids is 2. The molecule has 1 aliphatic rings. The molecule has 168 valence electrons. The lowest BCUT2D eigenvalue weighted by Gasteiger charge is -2.18. The van der Waals surface area contributed by atoms with Crippen LogP contribution in [0.25, 0.3) is 0 Å². The number of para-hydroxylation sites is 1. The molecular formula is C26H19ClN4O3. The predicted octanol–water partition coefficient (Wildman–Crippen LogP) is 5.20. The molecule has 1 atom stereocenters. The van der Waals surface area contributed by atoms with Gasteiger partial charge in [0, 0.05) is 29.5 Å². The molecule has 5 rings (SSSR count). The van der Waals surface area contributed by atoms with E-state index < -0.39 is 6.04 Å². The molecule has 4 aromatic rings. The summed E-state index contributed by atoms with van der Waals surface area (Å²) < 4.78 is 6.05. The molecule has 8 heteroatoms. The average Bonchev–Trinajstić information content (AvgIpc) is 3.04. The summed E-state index contributed by atoms with van der Waals surface area (Å²) in [4.78, 5) is 34.7. The van der Waals surface area contributed by atoms with Gasteiger partial charge >= 0.3 is 0 Å². The van der Waals surface area contributed by atoms with E-state index in [2.05, 4.69) is 20.6 Å². The maximum atomic E-state index is 13.6. The topological polar surface area (TPSA) is 93.2 Å². The zero-order valence-corrected chi connectivity index (χ0v) is 18.6. The maximum absolute atomic E-state index is 13.6. The number of Topliss-reactive ketones (excluding diaryl/α,β-unsaturated/α-hetero) is 1. The van der Waals surface area contributed by atoms with Crippen molar-refractivity contribution >= 4 is 29.0 Å².